The van der Waals surface area contributed by atoms with E-state index in [2.05, 4.69) is 56.6 Å². The minimum absolute atomic E-state index is 0.0235. The molecule has 0 bridgehead atoms. The number of benzene rings is 3. The highest BCUT2D eigenvalue weighted by atomic mass is 79.9. The van der Waals surface area contributed by atoms with Crippen LogP contribution in [-0.4, -0.2) is 4.98 Å². The Hall–Kier alpha value is -2.37. The zero-order valence-electron chi connectivity index (χ0n) is 13.0. The number of hydrogen-bond donors (Lipinski definition) is 2. The summed E-state index contributed by atoms with van der Waals surface area (Å²) in [5.74, 6) is 0.829. The molecule has 0 saturated heterocycles. The largest absolute Gasteiger partial charge is 0.340 e. The van der Waals surface area contributed by atoms with E-state index in [4.69, 9.17) is 0 Å². The van der Waals surface area contributed by atoms with Crippen molar-refractivity contribution in [1.82, 2.24) is 4.98 Å². The Balaban J connectivity index is 1.86. The second kappa shape index (κ2) is 5.58. The number of aromatic amines is 1. The monoisotopic (exact) mass is 408 g/mol. The van der Waals surface area contributed by atoms with Crippen LogP contribution in [0.25, 0.3) is 10.8 Å². The third-order valence-corrected chi connectivity index (χ3v) is 6.35. The number of nitrogens with one attached hydrogen (secondary N) is 2. The van der Waals surface area contributed by atoms with Gasteiger partial charge in [-0.05, 0) is 22.6 Å². The van der Waals surface area contributed by atoms with E-state index in [1.807, 2.05) is 30.3 Å². The van der Waals surface area contributed by atoms with Crippen molar-refractivity contribution >= 4 is 49.5 Å². The Morgan fingerprint density at radius 1 is 0.920 bits per heavy atom. The van der Waals surface area contributed by atoms with Crippen LogP contribution in [0.1, 0.15) is 21.9 Å². The molecule has 1 aromatic heterocycles. The van der Waals surface area contributed by atoms with E-state index in [9.17, 15) is 4.79 Å². The quantitative estimate of drug-likeness (QED) is 0.379. The van der Waals surface area contributed by atoms with Crippen LogP contribution in [0.5, 0.6) is 0 Å². The molecule has 122 valence electrons. The Labute approximate surface area is 156 Å². The summed E-state index contributed by atoms with van der Waals surface area (Å²) < 4.78 is 1.05. The minimum Gasteiger partial charge on any atom is -0.340 e. The highest BCUT2D eigenvalue weighted by Crippen LogP contribution is 2.48. The van der Waals surface area contributed by atoms with Crippen LogP contribution in [0.4, 0.5) is 11.5 Å². The summed E-state index contributed by atoms with van der Waals surface area (Å²) in [7, 11) is 0. The van der Waals surface area contributed by atoms with Crippen LogP contribution < -0.4 is 10.2 Å². The van der Waals surface area contributed by atoms with Gasteiger partial charge in [-0.1, -0.05) is 81.9 Å². The van der Waals surface area contributed by atoms with Crippen LogP contribution in [0.15, 0.2) is 69.9 Å². The van der Waals surface area contributed by atoms with Gasteiger partial charge >= 0.3 is 4.87 Å². The van der Waals surface area contributed by atoms with E-state index in [0.717, 1.165) is 31.8 Å². The average Bonchev–Trinajstić information content (AvgIpc) is 3.00. The molecule has 0 spiro atoms. The SMILES string of the molecule is O=c1[nH]c2c(s1)C(c1ccccc1Br)c1ccc3ccccc3c1N2. The zero-order valence-corrected chi connectivity index (χ0v) is 15.4. The van der Waals surface area contributed by atoms with Gasteiger partial charge in [0.2, 0.25) is 0 Å². The first-order valence-electron chi connectivity index (χ1n) is 7.98. The van der Waals surface area contributed by atoms with Gasteiger partial charge in [0.05, 0.1) is 16.5 Å². The fraction of sp³-hybridized carbons (Fsp3) is 0.0500. The lowest BCUT2D eigenvalue weighted by molar-refractivity contribution is 0.978. The number of fused-ring (bicyclic) bond motifs is 4. The molecule has 3 aromatic carbocycles. The van der Waals surface area contributed by atoms with Crippen molar-refractivity contribution in [3.05, 3.63) is 90.8 Å². The summed E-state index contributed by atoms with van der Waals surface area (Å²) in [6.07, 6.45) is 0. The molecule has 4 aromatic rings. The molecular formula is C20H13BrN2OS. The Morgan fingerprint density at radius 3 is 2.60 bits per heavy atom. The highest BCUT2D eigenvalue weighted by Gasteiger charge is 2.31. The van der Waals surface area contributed by atoms with E-state index >= 15 is 0 Å². The lowest BCUT2D eigenvalue weighted by atomic mass is 9.85. The molecule has 3 nitrogen and oxygen atoms in total. The van der Waals surface area contributed by atoms with Crippen LogP contribution >= 0.6 is 27.3 Å². The Kier molecular flexibility index (Phi) is 3.33. The first-order chi connectivity index (χ1) is 12.2. The summed E-state index contributed by atoms with van der Waals surface area (Å²) >= 11 is 4.96. The topological polar surface area (TPSA) is 44.9 Å². The molecule has 0 radical (unpaired) electrons. The van der Waals surface area contributed by atoms with Crippen LogP contribution in [0.3, 0.4) is 0 Å². The van der Waals surface area contributed by atoms with Crippen LogP contribution in [-0.2, 0) is 0 Å². The van der Waals surface area contributed by atoms with Crippen molar-refractivity contribution in [3.63, 3.8) is 0 Å². The van der Waals surface area contributed by atoms with Gasteiger partial charge in [-0.25, -0.2) is 0 Å². The summed E-state index contributed by atoms with van der Waals surface area (Å²) in [4.78, 5) is 16.0. The fourth-order valence-electron chi connectivity index (χ4n) is 3.59. The lowest BCUT2D eigenvalue weighted by Crippen LogP contribution is -2.13. The zero-order chi connectivity index (χ0) is 17.0. The fourth-order valence-corrected chi connectivity index (χ4v) is 5.03. The van der Waals surface area contributed by atoms with Gasteiger partial charge in [-0.3, -0.25) is 9.78 Å². The molecule has 5 rings (SSSR count). The predicted molar refractivity (Wildman–Crippen MR) is 107 cm³/mol. The first-order valence-corrected chi connectivity index (χ1v) is 9.59. The third kappa shape index (κ3) is 2.27. The van der Waals surface area contributed by atoms with Gasteiger partial charge in [-0.15, -0.1) is 0 Å². The first kappa shape index (κ1) is 14.9. The van der Waals surface area contributed by atoms with E-state index in [0.29, 0.717) is 0 Å². The van der Waals surface area contributed by atoms with Crippen LogP contribution in [0.2, 0.25) is 0 Å². The molecule has 2 N–H and O–H groups in total. The summed E-state index contributed by atoms with van der Waals surface area (Å²) in [5.41, 5.74) is 3.42. The van der Waals surface area contributed by atoms with Gasteiger partial charge in [-0.2, -0.15) is 0 Å². The maximum absolute atomic E-state index is 12.0. The number of anilines is 2. The molecule has 1 unspecified atom stereocenters. The second-order valence-electron chi connectivity index (χ2n) is 6.08. The summed E-state index contributed by atoms with van der Waals surface area (Å²) in [6.45, 7) is 0. The van der Waals surface area contributed by atoms with E-state index in [1.165, 1.54) is 22.3 Å². The van der Waals surface area contributed by atoms with Crippen molar-refractivity contribution in [1.29, 1.82) is 0 Å². The second-order valence-corrected chi connectivity index (χ2v) is 7.95. The molecule has 2 heterocycles. The predicted octanol–water partition coefficient (Wildman–Crippen LogP) is 5.59. The van der Waals surface area contributed by atoms with Crippen molar-refractivity contribution in [3.8, 4) is 0 Å². The maximum atomic E-state index is 12.0. The number of halogens is 1. The molecule has 0 saturated carbocycles. The highest BCUT2D eigenvalue weighted by molar-refractivity contribution is 9.10. The standard InChI is InChI=1S/C20H13BrN2OS/c21-15-8-4-3-7-13(15)16-14-10-9-11-5-1-2-6-12(11)17(14)22-19-18(16)25-20(24)23-19/h1-10,16,22H,(H,23,24). The smallest absolute Gasteiger partial charge is 0.306 e. The van der Waals surface area contributed by atoms with Crippen molar-refractivity contribution in [2.24, 2.45) is 0 Å². The van der Waals surface area contributed by atoms with Crippen molar-refractivity contribution < 1.29 is 0 Å². The van der Waals surface area contributed by atoms with E-state index in [1.54, 1.807) is 0 Å². The lowest BCUT2D eigenvalue weighted by Gasteiger charge is -2.28. The van der Waals surface area contributed by atoms with E-state index < -0.39 is 0 Å². The van der Waals surface area contributed by atoms with E-state index in [-0.39, 0.29) is 10.8 Å². The Morgan fingerprint density at radius 2 is 1.72 bits per heavy atom. The number of rotatable bonds is 1. The van der Waals surface area contributed by atoms with Gasteiger partial charge in [0.15, 0.2) is 0 Å². The van der Waals surface area contributed by atoms with Crippen LogP contribution in [0, 0.1) is 0 Å². The van der Waals surface area contributed by atoms with Gasteiger partial charge in [0.25, 0.3) is 0 Å². The molecule has 1 aliphatic heterocycles. The molecule has 0 fully saturated rings. The number of hydrogen-bond acceptors (Lipinski definition) is 3. The molecule has 5 heteroatoms. The normalized spacial score (nSPS) is 15.5. The van der Waals surface area contributed by atoms with Gasteiger partial charge in [0, 0.05) is 9.86 Å². The minimum atomic E-state index is -0.0355. The Bertz CT molecular complexity index is 1180. The molecule has 25 heavy (non-hydrogen) atoms. The summed E-state index contributed by atoms with van der Waals surface area (Å²) in [6, 6.07) is 20.9. The van der Waals surface area contributed by atoms with Crippen molar-refractivity contribution in [2.45, 2.75) is 5.92 Å². The molecule has 0 aliphatic carbocycles. The molecule has 1 aliphatic rings. The molecule has 0 amide bonds. The summed E-state index contributed by atoms with van der Waals surface area (Å²) in [5, 5.41) is 5.81. The number of H-pyrrole nitrogens is 1. The number of aromatic nitrogens is 1. The molecule has 1 atom stereocenters. The average molecular weight is 409 g/mol. The number of thiazole rings is 1. The van der Waals surface area contributed by atoms with Gasteiger partial charge < -0.3 is 5.32 Å². The van der Waals surface area contributed by atoms with Crippen molar-refractivity contribution in [2.75, 3.05) is 5.32 Å². The third-order valence-electron chi connectivity index (χ3n) is 4.68. The van der Waals surface area contributed by atoms with Gasteiger partial charge in [0.1, 0.15) is 5.82 Å². The molecular weight excluding hydrogens is 396 g/mol. The maximum Gasteiger partial charge on any atom is 0.306 e.